The van der Waals surface area contributed by atoms with E-state index in [0.29, 0.717) is 23.4 Å². The van der Waals surface area contributed by atoms with Crippen molar-refractivity contribution in [2.24, 2.45) is 5.73 Å². The maximum absolute atomic E-state index is 6.64. The molecule has 0 saturated carbocycles. The van der Waals surface area contributed by atoms with Gasteiger partial charge in [-0.25, -0.2) is 9.97 Å². The number of rotatable bonds is 7. The molecule has 1 aromatic heterocycles. The van der Waals surface area contributed by atoms with E-state index in [0.717, 1.165) is 36.4 Å². The number of nitrogen functional groups attached to an aromatic ring is 1. The molecule has 2 heterocycles. The van der Waals surface area contributed by atoms with E-state index in [1.165, 1.54) is 6.33 Å². The van der Waals surface area contributed by atoms with E-state index in [9.17, 15) is 0 Å². The SMILES string of the molecule is CNC1CCC(Nc2ncnc(N)c2C(N)c2ccc(Oc3ccccc3)cc2)CN1C. The van der Waals surface area contributed by atoms with Gasteiger partial charge in [0.25, 0.3) is 0 Å². The van der Waals surface area contributed by atoms with Crippen molar-refractivity contribution in [2.45, 2.75) is 31.1 Å². The van der Waals surface area contributed by atoms with E-state index in [1.807, 2.05) is 61.6 Å². The Labute approximate surface area is 189 Å². The van der Waals surface area contributed by atoms with Gasteiger partial charge in [0, 0.05) is 12.6 Å². The van der Waals surface area contributed by atoms with E-state index in [-0.39, 0.29) is 6.04 Å². The summed E-state index contributed by atoms with van der Waals surface area (Å²) in [6.45, 7) is 0.898. The van der Waals surface area contributed by atoms with E-state index in [4.69, 9.17) is 16.2 Å². The van der Waals surface area contributed by atoms with E-state index < -0.39 is 6.04 Å². The molecular formula is C24H31N7O. The Morgan fingerprint density at radius 2 is 1.75 bits per heavy atom. The van der Waals surface area contributed by atoms with Crippen LogP contribution in [0.15, 0.2) is 60.9 Å². The van der Waals surface area contributed by atoms with Crippen molar-refractivity contribution < 1.29 is 4.74 Å². The first-order valence-corrected chi connectivity index (χ1v) is 10.9. The molecule has 8 nitrogen and oxygen atoms in total. The van der Waals surface area contributed by atoms with Crippen LogP contribution in [0.5, 0.6) is 11.5 Å². The van der Waals surface area contributed by atoms with Gasteiger partial charge in [-0.05, 0) is 56.8 Å². The monoisotopic (exact) mass is 433 g/mol. The fraction of sp³-hybridized carbons (Fsp3) is 0.333. The number of hydrogen-bond donors (Lipinski definition) is 4. The van der Waals surface area contributed by atoms with E-state index in [2.05, 4.69) is 32.5 Å². The number of likely N-dealkylation sites (tertiary alicyclic amines) is 1. The molecule has 3 atom stereocenters. The third-order valence-electron chi connectivity index (χ3n) is 5.95. The van der Waals surface area contributed by atoms with Crippen LogP contribution in [-0.4, -0.2) is 47.7 Å². The second kappa shape index (κ2) is 9.95. The van der Waals surface area contributed by atoms with Gasteiger partial charge in [0.05, 0.1) is 17.8 Å². The quantitative estimate of drug-likeness (QED) is 0.450. The fourth-order valence-electron chi connectivity index (χ4n) is 4.19. The summed E-state index contributed by atoms with van der Waals surface area (Å²) in [5.74, 6) is 2.61. The standard InChI is InChI=1S/C24H31N7O/c1-27-20-13-10-17(14-31(20)2)30-24-21(23(26)28-15-29-24)22(25)16-8-11-19(12-9-16)32-18-6-4-3-5-7-18/h3-9,11-12,15,17,20,22,27H,10,13-14,25H2,1-2H3,(H3,26,28,29,30). The number of para-hydroxylation sites is 1. The van der Waals surface area contributed by atoms with Gasteiger partial charge in [-0.15, -0.1) is 0 Å². The third kappa shape index (κ3) is 4.99. The smallest absolute Gasteiger partial charge is 0.136 e. The van der Waals surface area contributed by atoms with Gasteiger partial charge in [0.15, 0.2) is 0 Å². The zero-order valence-electron chi connectivity index (χ0n) is 18.5. The Balaban J connectivity index is 1.50. The summed E-state index contributed by atoms with van der Waals surface area (Å²) in [6.07, 6.45) is 3.95. The molecule has 8 heteroatoms. The molecule has 1 saturated heterocycles. The molecule has 1 aliphatic rings. The highest BCUT2D eigenvalue weighted by Gasteiger charge is 2.27. The van der Waals surface area contributed by atoms with Crippen molar-refractivity contribution in [2.75, 3.05) is 31.7 Å². The number of likely N-dealkylation sites (N-methyl/N-ethyl adjacent to an activating group) is 1. The Morgan fingerprint density at radius 1 is 1.03 bits per heavy atom. The minimum absolute atomic E-state index is 0.256. The first-order chi connectivity index (χ1) is 15.5. The predicted molar refractivity (Wildman–Crippen MR) is 128 cm³/mol. The average Bonchev–Trinajstić information content (AvgIpc) is 2.80. The van der Waals surface area contributed by atoms with Crippen LogP contribution >= 0.6 is 0 Å². The van der Waals surface area contributed by atoms with Gasteiger partial charge >= 0.3 is 0 Å². The molecule has 3 aromatic rings. The zero-order valence-corrected chi connectivity index (χ0v) is 18.5. The van der Waals surface area contributed by atoms with Crippen molar-refractivity contribution in [3.8, 4) is 11.5 Å². The van der Waals surface area contributed by atoms with Crippen LogP contribution in [0.4, 0.5) is 11.6 Å². The number of nitrogens with one attached hydrogen (secondary N) is 2. The second-order valence-electron chi connectivity index (χ2n) is 8.15. The molecule has 0 spiro atoms. The number of hydrogen-bond acceptors (Lipinski definition) is 8. The maximum atomic E-state index is 6.64. The summed E-state index contributed by atoms with van der Waals surface area (Å²) in [6, 6.07) is 17.2. The molecule has 0 radical (unpaired) electrons. The molecule has 0 bridgehead atoms. The predicted octanol–water partition coefficient (Wildman–Crippen LogP) is 2.95. The summed E-state index contributed by atoms with van der Waals surface area (Å²) in [5.41, 5.74) is 14.5. The average molecular weight is 434 g/mol. The highest BCUT2D eigenvalue weighted by molar-refractivity contribution is 5.59. The van der Waals surface area contributed by atoms with Crippen molar-refractivity contribution in [1.82, 2.24) is 20.2 Å². The van der Waals surface area contributed by atoms with Gasteiger partial charge in [-0.2, -0.15) is 0 Å². The molecule has 1 aliphatic heterocycles. The minimum atomic E-state index is -0.462. The Kier molecular flexibility index (Phi) is 6.84. The lowest BCUT2D eigenvalue weighted by atomic mass is 9.99. The van der Waals surface area contributed by atoms with Gasteiger partial charge in [0.2, 0.25) is 0 Å². The number of nitrogens with two attached hydrogens (primary N) is 2. The largest absolute Gasteiger partial charge is 0.457 e. The molecule has 1 fully saturated rings. The molecule has 3 unspecified atom stereocenters. The Morgan fingerprint density at radius 3 is 2.44 bits per heavy atom. The fourth-order valence-corrected chi connectivity index (χ4v) is 4.19. The number of benzene rings is 2. The number of ether oxygens (including phenoxy) is 1. The van der Waals surface area contributed by atoms with Crippen LogP contribution in [-0.2, 0) is 0 Å². The van der Waals surface area contributed by atoms with Crippen molar-refractivity contribution >= 4 is 11.6 Å². The molecule has 0 aliphatic carbocycles. The lowest BCUT2D eigenvalue weighted by Crippen LogP contribution is -2.51. The van der Waals surface area contributed by atoms with Crippen LogP contribution in [0.1, 0.15) is 30.0 Å². The maximum Gasteiger partial charge on any atom is 0.136 e. The third-order valence-corrected chi connectivity index (χ3v) is 5.95. The Bertz CT molecular complexity index is 1010. The summed E-state index contributed by atoms with van der Waals surface area (Å²) >= 11 is 0. The number of piperidine rings is 1. The normalized spacial score (nSPS) is 20.0. The van der Waals surface area contributed by atoms with E-state index >= 15 is 0 Å². The molecular weight excluding hydrogens is 402 g/mol. The minimum Gasteiger partial charge on any atom is -0.457 e. The van der Waals surface area contributed by atoms with Gasteiger partial charge < -0.3 is 26.8 Å². The molecule has 4 rings (SSSR count). The summed E-state index contributed by atoms with van der Waals surface area (Å²) in [7, 11) is 4.11. The van der Waals surface area contributed by atoms with Crippen molar-refractivity contribution in [3.63, 3.8) is 0 Å². The molecule has 0 amide bonds. The number of nitrogens with zero attached hydrogens (tertiary/aromatic N) is 3. The molecule has 32 heavy (non-hydrogen) atoms. The number of aromatic nitrogens is 2. The summed E-state index contributed by atoms with van der Waals surface area (Å²) in [4.78, 5) is 11.0. The van der Waals surface area contributed by atoms with Crippen LogP contribution in [0.2, 0.25) is 0 Å². The van der Waals surface area contributed by atoms with Crippen LogP contribution in [0.25, 0.3) is 0 Å². The summed E-state index contributed by atoms with van der Waals surface area (Å²) in [5, 5.41) is 6.90. The van der Waals surface area contributed by atoms with Crippen LogP contribution in [0, 0.1) is 0 Å². The lowest BCUT2D eigenvalue weighted by Gasteiger charge is -2.37. The first-order valence-electron chi connectivity index (χ1n) is 10.9. The van der Waals surface area contributed by atoms with Gasteiger partial charge in [0.1, 0.15) is 29.5 Å². The van der Waals surface area contributed by atoms with Crippen LogP contribution < -0.4 is 26.8 Å². The highest BCUT2D eigenvalue weighted by atomic mass is 16.5. The topological polar surface area (TPSA) is 114 Å². The molecule has 6 N–H and O–H groups in total. The lowest BCUT2D eigenvalue weighted by molar-refractivity contribution is 0.152. The highest BCUT2D eigenvalue weighted by Crippen LogP contribution is 2.31. The van der Waals surface area contributed by atoms with Crippen molar-refractivity contribution in [1.29, 1.82) is 0 Å². The van der Waals surface area contributed by atoms with E-state index in [1.54, 1.807) is 0 Å². The van der Waals surface area contributed by atoms with Gasteiger partial charge in [-0.3, -0.25) is 4.90 Å². The molecule has 168 valence electrons. The zero-order chi connectivity index (χ0) is 22.5. The van der Waals surface area contributed by atoms with Crippen molar-refractivity contribution in [3.05, 3.63) is 72.1 Å². The van der Waals surface area contributed by atoms with Crippen LogP contribution in [0.3, 0.4) is 0 Å². The molecule has 2 aromatic carbocycles. The van der Waals surface area contributed by atoms with Gasteiger partial charge in [-0.1, -0.05) is 30.3 Å². The second-order valence-corrected chi connectivity index (χ2v) is 8.15. The number of anilines is 2. The Hall–Kier alpha value is -3.20. The summed E-state index contributed by atoms with van der Waals surface area (Å²) < 4.78 is 5.88. The first kappa shape index (κ1) is 22.0.